The monoisotopic (exact) mass is 495 g/mol. The third-order valence-corrected chi connectivity index (χ3v) is 7.34. The Morgan fingerprint density at radius 1 is 0.833 bits per heavy atom. The highest BCUT2D eigenvalue weighted by atomic mass is 32.1. The van der Waals surface area contributed by atoms with Crippen LogP contribution >= 0.6 is 12.2 Å². The van der Waals surface area contributed by atoms with Crippen LogP contribution in [0, 0.1) is 6.92 Å². The summed E-state index contributed by atoms with van der Waals surface area (Å²) in [6, 6.07) is 29.5. The lowest BCUT2D eigenvalue weighted by atomic mass is 10.0. The van der Waals surface area contributed by atoms with Gasteiger partial charge in [0.15, 0.2) is 5.11 Å². The highest BCUT2D eigenvalue weighted by Gasteiger charge is 2.42. The highest BCUT2D eigenvalue weighted by molar-refractivity contribution is 7.80. The lowest BCUT2D eigenvalue weighted by Crippen LogP contribution is -2.36. The van der Waals surface area contributed by atoms with Gasteiger partial charge in [-0.15, -0.1) is 0 Å². The fraction of sp³-hybridized carbons (Fsp3) is 0.241. The molecule has 1 N–H and O–H groups in total. The van der Waals surface area contributed by atoms with Crippen LogP contribution in [-0.4, -0.2) is 41.0 Å². The molecule has 0 bridgehead atoms. The van der Waals surface area contributed by atoms with Crippen LogP contribution in [0.1, 0.15) is 29.2 Å². The molecule has 6 rings (SSSR count). The van der Waals surface area contributed by atoms with Gasteiger partial charge >= 0.3 is 0 Å². The molecule has 4 heterocycles. The van der Waals surface area contributed by atoms with Gasteiger partial charge in [0.05, 0.1) is 24.9 Å². The summed E-state index contributed by atoms with van der Waals surface area (Å²) in [5, 5.41) is 4.29. The number of hydrogen-bond acceptors (Lipinski definition) is 4. The molecule has 2 fully saturated rings. The SMILES string of the molecule is Cc1ccc(C2C(c3ccccn3)NC(=S)N2c2ccc(N3CCOCC3)cc2)n1-c1ccccc1. The average Bonchev–Trinajstić information content (AvgIpc) is 3.49. The number of ether oxygens (including phenoxy) is 1. The number of benzene rings is 2. The quantitative estimate of drug-likeness (QED) is 0.384. The Labute approximate surface area is 217 Å². The van der Waals surface area contributed by atoms with Crippen molar-refractivity contribution < 1.29 is 4.74 Å². The number of nitrogens with zero attached hydrogens (tertiary/aromatic N) is 4. The number of morpholine rings is 1. The number of hydrogen-bond donors (Lipinski definition) is 1. The van der Waals surface area contributed by atoms with Gasteiger partial charge in [-0.05, 0) is 79.8 Å². The molecule has 2 saturated heterocycles. The number of anilines is 2. The Balaban J connectivity index is 1.44. The summed E-state index contributed by atoms with van der Waals surface area (Å²) < 4.78 is 7.85. The molecule has 2 aromatic heterocycles. The summed E-state index contributed by atoms with van der Waals surface area (Å²) in [7, 11) is 0. The molecular formula is C29H29N5OS. The van der Waals surface area contributed by atoms with Gasteiger partial charge in [0.25, 0.3) is 0 Å². The zero-order valence-corrected chi connectivity index (χ0v) is 21.1. The molecule has 2 aliphatic heterocycles. The maximum Gasteiger partial charge on any atom is 0.174 e. The Kier molecular flexibility index (Phi) is 6.17. The van der Waals surface area contributed by atoms with Gasteiger partial charge < -0.3 is 24.4 Å². The van der Waals surface area contributed by atoms with Crippen LogP contribution in [-0.2, 0) is 4.74 Å². The van der Waals surface area contributed by atoms with Crippen molar-refractivity contribution in [3.05, 3.63) is 108 Å². The molecule has 2 aliphatic rings. The van der Waals surface area contributed by atoms with Crippen molar-refractivity contribution >= 4 is 28.7 Å². The maximum atomic E-state index is 5.95. The molecule has 0 saturated carbocycles. The minimum atomic E-state index is -0.0885. The lowest BCUT2D eigenvalue weighted by molar-refractivity contribution is 0.122. The molecule has 2 atom stereocenters. The number of rotatable bonds is 5. The predicted molar refractivity (Wildman–Crippen MR) is 148 cm³/mol. The van der Waals surface area contributed by atoms with E-state index in [2.05, 4.69) is 93.3 Å². The number of pyridine rings is 1. The van der Waals surface area contributed by atoms with Crippen LogP contribution in [0.2, 0.25) is 0 Å². The summed E-state index contributed by atoms with van der Waals surface area (Å²) in [6.45, 7) is 5.51. The summed E-state index contributed by atoms with van der Waals surface area (Å²) in [6.07, 6.45) is 1.85. The topological polar surface area (TPSA) is 45.6 Å². The Morgan fingerprint density at radius 3 is 2.28 bits per heavy atom. The molecule has 0 aliphatic carbocycles. The van der Waals surface area contributed by atoms with Crippen LogP contribution in [0.4, 0.5) is 11.4 Å². The van der Waals surface area contributed by atoms with Crippen LogP contribution < -0.4 is 15.1 Å². The molecular weight excluding hydrogens is 466 g/mol. The van der Waals surface area contributed by atoms with E-state index in [0.717, 1.165) is 43.4 Å². The number of aryl methyl sites for hydroxylation is 1. The van der Waals surface area contributed by atoms with E-state index in [1.165, 1.54) is 17.1 Å². The zero-order valence-electron chi connectivity index (χ0n) is 20.2. The largest absolute Gasteiger partial charge is 0.378 e. The average molecular weight is 496 g/mol. The minimum absolute atomic E-state index is 0.0736. The number of aromatic nitrogens is 2. The molecule has 4 aromatic rings. The number of para-hydroxylation sites is 1. The van der Waals surface area contributed by atoms with Gasteiger partial charge in [0, 0.05) is 47.7 Å². The standard InChI is InChI=1S/C29H29N5OS/c1-21-10-15-26(33(21)23-7-3-2-4-8-23)28-27(25-9-5-6-16-30-25)31-29(36)34(28)24-13-11-22(12-14-24)32-17-19-35-20-18-32/h2-16,27-28H,17-20H2,1H3,(H,31,36). The first-order chi connectivity index (χ1) is 17.7. The molecule has 2 aromatic carbocycles. The van der Waals surface area contributed by atoms with E-state index in [9.17, 15) is 0 Å². The van der Waals surface area contributed by atoms with Gasteiger partial charge in [-0.1, -0.05) is 24.3 Å². The van der Waals surface area contributed by atoms with Crippen molar-refractivity contribution in [2.45, 2.75) is 19.0 Å². The Morgan fingerprint density at radius 2 is 1.56 bits per heavy atom. The van der Waals surface area contributed by atoms with Crippen molar-refractivity contribution in [1.82, 2.24) is 14.9 Å². The fourth-order valence-corrected chi connectivity index (χ4v) is 5.64. The molecule has 182 valence electrons. The lowest BCUT2D eigenvalue weighted by Gasteiger charge is -2.31. The van der Waals surface area contributed by atoms with Gasteiger partial charge in [0.2, 0.25) is 0 Å². The van der Waals surface area contributed by atoms with Gasteiger partial charge in [0.1, 0.15) is 6.04 Å². The first-order valence-corrected chi connectivity index (χ1v) is 12.8. The molecule has 7 heteroatoms. The van der Waals surface area contributed by atoms with Crippen LogP contribution in [0.5, 0.6) is 0 Å². The highest BCUT2D eigenvalue weighted by Crippen LogP contribution is 2.43. The maximum absolute atomic E-state index is 5.95. The van der Waals surface area contributed by atoms with E-state index in [1.54, 1.807) is 0 Å². The molecule has 2 unspecified atom stereocenters. The smallest absolute Gasteiger partial charge is 0.174 e. The van der Waals surface area contributed by atoms with Crippen molar-refractivity contribution in [3.8, 4) is 5.69 Å². The molecule has 6 nitrogen and oxygen atoms in total. The van der Waals surface area contributed by atoms with E-state index in [-0.39, 0.29) is 12.1 Å². The van der Waals surface area contributed by atoms with Crippen molar-refractivity contribution in [2.24, 2.45) is 0 Å². The van der Waals surface area contributed by atoms with Crippen molar-refractivity contribution in [3.63, 3.8) is 0 Å². The number of thiocarbonyl (C=S) groups is 1. The summed E-state index contributed by atoms with van der Waals surface area (Å²) >= 11 is 5.95. The normalized spacial score (nSPS) is 20.0. The first-order valence-electron chi connectivity index (χ1n) is 12.4. The second-order valence-corrected chi connectivity index (χ2v) is 9.57. The van der Waals surface area contributed by atoms with Crippen LogP contribution in [0.3, 0.4) is 0 Å². The summed E-state index contributed by atoms with van der Waals surface area (Å²) in [5.74, 6) is 0. The van der Waals surface area contributed by atoms with E-state index < -0.39 is 0 Å². The van der Waals surface area contributed by atoms with Crippen molar-refractivity contribution in [1.29, 1.82) is 0 Å². The number of nitrogens with one attached hydrogen (secondary N) is 1. The fourth-order valence-electron chi connectivity index (χ4n) is 5.30. The van der Waals surface area contributed by atoms with Crippen LogP contribution in [0.25, 0.3) is 5.69 Å². The summed E-state index contributed by atoms with van der Waals surface area (Å²) in [4.78, 5) is 9.32. The van der Waals surface area contributed by atoms with Gasteiger partial charge in [-0.25, -0.2) is 0 Å². The zero-order chi connectivity index (χ0) is 24.5. The van der Waals surface area contributed by atoms with Gasteiger partial charge in [-0.3, -0.25) is 4.98 Å². The molecule has 0 amide bonds. The van der Waals surface area contributed by atoms with E-state index in [0.29, 0.717) is 5.11 Å². The minimum Gasteiger partial charge on any atom is -0.378 e. The third kappa shape index (κ3) is 4.14. The third-order valence-electron chi connectivity index (χ3n) is 7.03. The van der Waals surface area contributed by atoms with E-state index in [4.69, 9.17) is 21.9 Å². The Bertz CT molecular complexity index is 1330. The predicted octanol–water partition coefficient (Wildman–Crippen LogP) is 5.19. The van der Waals surface area contributed by atoms with Crippen molar-refractivity contribution in [2.75, 3.05) is 36.1 Å². The second-order valence-electron chi connectivity index (χ2n) is 9.18. The Hall–Kier alpha value is -3.68. The van der Waals surface area contributed by atoms with Crippen LogP contribution in [0.15, 0.2) is 91.1 Å². The van der Waals surface area contributed by atoms with Gasteiger partial charge in [-0.2, -0.15) is 0 Å². The summed E-state index contributed by atoms with van der Waals surface area (Å²) in [5.41, 5.74) is 6.72. The second kappa shape index (κ2) is 9.76. The molecule has 0 radical (unpaired) electrons. The molecule has 36 heavy (non-hydrogen) atoms. The molecule has 0 spiro atoms. The van der Waals surface area contributed by atoms with E-state index in [1.807, 2.05) is 24.4 Å². The first kappa shape index (κ1) is 22.8. The van der Waals surface area contributed by atoms with E-state index >= 15 is 0 Å².